The smallest absolute Gasteiger partial charge is 0.328 e. The number of fused-ring (bicyclic) bond motifs is 1. The molecule has 2 aromatic rings. The zero-order chi connectivity index (χ0) is 22.8. The molecule has 2 aromatic heterocycles. The normalized spacial score (nSPS) is 23.9. The van der Waals surface area contributed by atoms with Crippen LogP contribution >= 0.6 is 0 Å². The number of anilines is 1. The number of aromatic nitrogens is 2. The first-order valence-corrected chi connectivity index (χ1v) is 12.2. The van der Waals surface area contributed by atoms with Gasteiger partial charge in [0.15, 0.2) is 0 Å². The minimum Gasteiger partial charge on any atom is -0.381 e. The van der Waals surface area contributed by atoms with Crippen LogP contribution in [0.4, 0.5) is 10.5 Å². The molecular formula is C24H34N6O3. The predicted octanol–water partition coefficient (Wildman–Crippen LogP) is 2.10. The molecule has 3 saturated heterocycles. The van der Waals surface area contributed by atoms with E-state index in [0.717, 1.165) is 56.5 Å². The summed E-state index contributed by atoms with van der Waals surface area (Å²) >= 11 is 0. The lowest BCUT2D eigenvalue weighted by Crippen LogP contribution is -2.51. The van der Waals surface area contributed by atoms with Crippen molar-refractivity contribution < 1.29 is 14.3 Å². The van der Waals surface area contributed by atoms with Crippen LogP contribution in [0.25, 0.3) is 5.52 Å². The number of amides is 3. The first kappa shape index (κ1) is 22.3. The molecule has 0 spiro atoms. The van der Waals surface area contributed by atoms with E-state index in [4.69, 9.17) is 4.74 Å². The van der Waals surface area contributed by atoms with E-state index in [-0.39, 0.29) is 11.9 Å². The molecule has 3 amide bonds. The van der Waals surface area contributed by atoms with Crippen LogP contribution in [-0.4, -0.2) is 83.3 Å². The predicted molar refractivity (Wildman–Crippen MR) is 125 cm³/mol. The number of nitrogens with one attached hydrogen (secondary N) is 1. The number of urea groups is 1. The SMILES string of the molecule is C[C@H]1CN(Cc2ccn3ncc(N4CCC(=O)NC4=O)c3c2)CCN1CCC1CCOCC1. The summed E-state index contributed by atoms with van der Waals surface area (Å²) in [5.41, 5.74) is 2.84. The van der Waals surface area contributed by atoms with E-state index < -0.39 is 0 Å². The van der Waals surface area contributed by atoms with E-state index in [1.807, 2.05) is 6.20 Å². The largest absolute Gasteiger partial charge is 0.381 e. The molecule has 3 fully saturated rings. The van der Waals surface area contributed by atoms with Crippen LogP contribution in [-0.2, 0) is 16.1 Å². The Kier molecular flexibility index (Phi) is 6.62. The minimum atomic E-state index is -0.378. The Hall–Kier alpha value is -2.49. The lowest BCUT2D eigenvalue weighted by Gasteiger charge is -2.40. The van der Waals surface area contributed by atoms with Crippen molar-refractivity contribution >= 4 is 23.1 Å². The third-order valence-corrected chi connectivity index (χ3v) is 7.33. The van der Waals surface area contributed by atoms with E-state index in [0.29, 0.717) is 19.0 Å². The Morgan fingerprint density at radius 3 is 2.82 bits per heavy atom. The van der Waals surface area contributed by atoms with E-state index in [9.17, 15) is 9.59 Å². The lowest BCUT2D eigenvalue weighted by molar-refractivity contribution is -0.120. The molecular weight excluding hydrogens is 420 g/mol. The van der Waals surface area contributed by atoms with Gasteiger partial charge in [0.1, 0.15) is 0 Å². The van der Waals surface area contributed by atoms with Gasteiger partial charge in [0, 0.05) is 64.6 Å². The Labute approximate surface area is 194 Å². The van der Waals surface area contributed by atoms with Gasteiger partial charge >= 0.3 is 6.03 Å². The molecule has 0 bridgehead atoms. The average molecular weight is 455 g/mol. The minimum absolute atomic E-state index is 0.227. The fourth-order valence-corrected chi connectivity index (χ4v) is 5.30. The van der Waals surface area contributed by atoms with Crippen LogP contribution in [0.5, 0.6) is 0 Å². The number of rotatable bonds is 6. The summed E-state index contributed by atoms with van der Waals surface area (Å²) in [6, 6.07) is 4.39. The van der Waals surface area contributed by atoms with Crippen LogP contribution in [0.1, 0.15) is 38.2 Å². The van der Waals surface area contributed by atoms with Crippen LogP contribution < -0.4 is 10.2 Å². The summed E-state index contributed by atoms with van der Waals surface area (Å²) < 4.78 is 7.29. The maximum absolute atomic E-state index is 12.3. The van der Waals surface area contributed by atoms with Gasteiger partial charge in [-0.05, 0) is 56.3 Å². The van der Waals surface area contributed by atoms with E-state index in [2.05, 4.69) is 39.3 Å². The second-order valence-electron chi connectivity index (χ2n) is 9.61. The second-order valence-corrected chi connectivity index (χ2v) is 9.61. The zero-order valence-corrected chi connectivity index (χ0v) is 19.4. The molecule has 9 nitrogen and oxygen atoms in total. The summed E-state index contributed by atoms with van der Waals surface area (Å²) in [4.78, 5) is 30.6. The highest BCUT2D eigenvalue weighted by Gasteiger charge is 2.27. The van der Waals surface area contributed by atoms with Crippen molar-refractivity contribution in [1.29, 1.82) is 0 Å². The molecule has 1 N–H and O–H groups in total. The van der Waals surface area contributed by atoms with Crippen molar-refractivity contribution in [2.45, 2.75) is 45.2 Å². The van der Waals surface area contributed by atoms with Crippen LogP contribution in [0.15, 0.2) is 24.5 Å². The fourth-order valence-electron chi connectivity index (χ4n) is 5.30. The quantitative estimate of drug-likeness (QED) is 0.720. The highest BCUT2D eigenvalue weighted by molar-refractivity contribution is 6.07. The summed E-state index contributed by atoms with van der Waals surface area (Å²) in [6.45, 7) is 9.86. The number of carbonyl (C=O) groups is 2. The van der Waals surface area contributed by atoms with E-state index in [1.54, 1.807) is 15.6 Å². The van der Waals surface area contributed by atoms with Crippen molar-refractivity contribution in [1.82, 2.24) is 24.7 Å². The first-order chi connectivity index (χ1) is 16.1. The molecule has 0 aromatic carbocycles. The summed E-state index contributed by atoms with van der Waals surface area (Å²) in [5, 5.41) is 6.79. The second kappa shape index (κ2) is 9.79. The van der Waals surface area contributed by atoms with E-state index in [1.165, 1.54) is 31.4 Å². The molecule has 3 aliphatic rings. The number of imide groups is 1. The van der Waals surface area contributed by atoms with Gasteiger partial charge in [-0.2, -0.15) is 5.10 Å². The monoisotopic (exact) mass is 454 g/mol. The van der Waals surface area contributed by atoms with Gasteiger partial charge in [-0.1, -0.05) is 0 Å². The van der Waals surface area contributed by atoms with Gasteiger partial charge in [0.05, 0.1) is 17.4 Å². The molecule has 33 heavy (non-hydrogen) atoms. The maximum Gasteiger partial charge on any atom is 0.328 e. The van der Waals surface area contributed by atoms with Gasteiger partial charge in [0.25, 0.3) is 0 Å². The molecule has 5 rings (SSSR count). The third-order valence-electron chi connectivity index (χ3n) is 7.33. The van der Waals surface area contributed by atoms with Gasteiger partial charge in [-0.15, -0.1) is 0 Å². The van der Waals surface area contributed by atoms with Crippen LogP contribution in [0.2, 0.25) is 0 Å². The first-order valence-electron chi connectivity index (χ1n) is 12.2. The average Bonchev–Trinajstić information content (AvgIpc) is 3.22. The van der Waals surface area contributed by atoms with Crippen molar-refractivity contribution in [3.8, 4) is 0 Å². The molecule has 0 radical (unpaired) electrons. The van der Waals surface area contributed by atoms with Crippen LogP contribution in [0.3, 0.4) is 0 Å². The summed E-state index contributed by atoms with van der Waals surface area (Å²) in [5.74, 6) is 0.593. The van der Waals surface area contributed by atoms with Gasteiger partial charge in [-0.25, -0.2) is 9.31 Å². The van der Waals surface area contributed by atoms with E-state index >= 15 is 0 Å². The molecule has 0 saturated carbocycles. The molecule has 5 heterocycles. The number of pyridine rings is 1. The highest BCUT2D eigenvalue weighted by atomic mass is 16.5. The number of nitrogens with zero attached hydrogens (tertiary/aromatic N) is 5. The van der Waals surface area contributed by atoms with Crippen molar-refractivity contribution in [3.63, 3.8) is 0 Å². The number of hydrogen-bond acceptors (Lipinski definition) is 6. The van der Waals surface area contributed by atoms with Crippen molar-refractivity contribution in [2.24, 2.45) is 5.92 Å². The zero-order valence-electron chi connectivity index (χ0n) is 19.4. The summed E-state index contributed by atoms with van der Waals surface area (Å²) in [6.07, 6.45) is 7.66. The molecule has 178 valence electrons. The van der Waals surface area contributed by atoms with Gasteiger partial charge in [-0.3, -0.25) is 24.8 Å². The Morgan fingerprint density at radius 1 is 1.18 bits per heavy atom. The molecule has 0 unspecified atom stereocenters. The number of hydrogen-bond donors (Lipinski definition) is 1. The Bertz CT molecular complexity index is 1000. The maximum atomic E-state index is 12.3. The molecule has 0 aliphatic carbocycles. The van der Waals surface area contributed by atoms with Crippen molar-refractivity contribution in [2.75, 3.05) is 50.8 Å². The standard InChI is InChI=1S/C24H34N6O3/c1-18-16-27(10-11-28(18)7-2-19-5-12-33-13-6-19)17-20-3-9-30-21(14-20)22(15-25-30)29-8-4-23(31)26-24(29)32/h3,9,14-15,18-19H,2,4-8,10-13,16-17H2,1H3,(H,26,31,32)/t18-/m0/s1. The van der Waals surface area contributed by atoms with Gasteiger partial charge in [0.2, 0.25) is 5.91 Å². The lowest BCUT2D eigenvalue weighted by atomic mass is 9.96. The number of carbonyl (C=O) groups excluding carboxylic acids is 2. The van der Waals surface area contributed by atoms with Crippen molar-refractivity contribution in [3.05, 3.63) is 30.1 Å². The number of piperazine rings is 1. The third kappa shape index (κ3) is 5.05. The van der Waals surface area contributed by atoms with Crippen LogP contribution in [0, 0.1) is 5.92 Å². The number of ether oxygens (including phenoxy) is 1. The Balaban J connectivity index is 1.20. The fraction of sp³-hybridized carbons (Fsp3) is 0.625. The molecule has 9 heteroatoms. The summed E-state index contributed by atoms with van der Waals surface area (Å²) in [7, 11) is 0. The molecule has 3 aliphatic heterocycles. The Morgan fingerprint density at radius 2 is 2.03 bits per heavy atom. The topological polar surface area (TPSA) is 82.4 Å². The molecule has 1 atom stereocenters. The highest BCUT2D eigenvalue weighted by Crippen LogP contribution is 2.25. The van der Waals surface area contributed by atoms with Gasteiger partial charge < -0.3 is 4.74 Å².